The number of carbonyl (C=O) groups excluding carboxylic acids is 1. The zero-order valence-corrected chi connectivity index (χ0v) is 11.0. The lowest BCUT2D eigenvalue weighted by Gasteiger charge is -2.20. The zero-order chi connectivity index (χ0) is 14.4. The molecule has 5 heteroatoms. The minimum atomic E-state index is -0.204. The molecule has 0 unspecified atom stereocenters. The number of aliphatic hydroxyl groups is 1. The van der Waals surface area contributed by atoms with E-state index in [1.165, 1.54) is 6.20 Å². The van der Waals surface area contributed by atoms with Crippen LogP contribution in [0.1, 0.15) is 35.3 Å². The van der Waals surface area contributed by atoms with Crippen LogP contribution in [-0.4, -0.2) is 40.1 Å². The van der Waals surface area contributed by atoms with E-state index in [-0.39, 0.29) is 18.6 Å². The second-order valence-corrected chi connectivity index (χ2v) is 4.53. The number of nitriles is 1. The molecule has 1 aliphatic carbocycles. The molecule has 1 aromatic rings. The Morgan fingerprint density at radius 1 is 1.50 bits per heavy atom. The van der Waals surface area contributed by atoms with Crippen LogP contribution < -0.4 is 0 Å². The maximum absolute atomic E-state index is 12.3. The molecule has 1 heterocycles. The number of carbonyl (C=O) groups is 1. The first-order valence-corrected chi connectivity index (χ1v) is 6.50. The summed E-state index contributed by atoms with van der Waals surface area (Å²) in [7, 11) is 0. The predicted octanol–water partition coefficient (Wildman–Crippen LogP) is 0.944. The summed E-state index contributed by atoms with van der Waals surface area (Å²) in [5, 5.41) is 17.3. The Balaban J connectivity index is 2.09. The van der Waals surface area contributed by atoms with Crippen LogP contribution >= 0.6 is 0 Å². The average Bonchev–Trinajstić information content (AvgIpc) is 3.30. The quantitative estimate of drug-likeness (QED) is 0.825. The van der Waals surface area contributed by atoms with Gasteiger partial charge in [-0.2, -0.15) is 5.26 Å². The second-order valence-electron chi connectivity index (χ2n) is 4.53. The summed E-state index contributed by atoms with van der Waals surface area (Å²) in [6.45, 7) is 0.248. The van der Waals surface area contributed by atoms with Crippen LogP contribution in [-0.2, 0) is 0 Å². The highest BCUT2D eigenvalue weighted by atomic mass is 16.2. The van der Waals surface area contributed by atoms with E-state index >= 15 is 0 Å². The molecule has 1 aliphatic rings. The highest BCUT2D eigenvalue weighted by molar-refractivity contribution is 5.92. The SMILES string of the molecule is N#CCCN(C(=O)c1ccc(C#CCO)cn1)C1CC1. The molecule has 0 saturated heterocycles. The van der Waals surface area contributed by atoms with Crippen molar-refractivity contribution in [1.82, 2.24) is 9.88 Å². The lowest BCUT2D eigenvalue weighted by atomic mass is 10.2. The Labute approximate surface area is 117 Å². The van der Waals surface area contributed by atoms with Crippen LogP contribution in [0.25, 0.3) is 0 Å². The topological polar surface area (TPSA) is 77.2 Å². The highest BCUT2D eigenvalue weighted by Crippen LogP contribution is 2.28. The largest absolute Gasteiger partial charge is 0.384 e. The van der Waals surface area contributed by atoms with Gasteiger partial charge < -0.3 is 10.0 Å². The van der Waals surface area contributed by atoms with Gasteiger partial charge in [0.2, 0.25) is 0 Å². The number of hydrogen-bond donors (Lipinski definition) is 1. The molecule has 1 saturated carbocycles. The Hall–Kier alpha value is -2.37. The van der Waals surface area contributed by atoms with E-state index in [4.69, 9.17) is 10.4 Å². The number of aliphatic hydroxyl groups excluding tert-OH is 1. The third kappa shape index (κ3) is 3.57. The molecular weight excluding hydrogens is 254 g/mol. The molecule has 0 atom stereocenters. The van der Waals surface area contributed by atoms with Crippen molar-refractivity contribution in [2.24, 2.45) is 0 Å². The maximum Gasteiger partial charge on any atom is 0.272 e. The Bertz CT molecular complexity index is 574. The van der Waals surface area contributed by atoms with Crippen LogP contribution in [0.2, 0.25) is 0 Å². The molecule has 1 fully saturated rings. The van der Waals surface area contributed by atoms with Crippen molar-refractivity contribution in [2.75, 3.05) is 13.2 Å². The molecule has 1 amide bonds. The average molecular weight is 269 g/mol. The fourth-order valence-corrected chi connectivity index (χ4v) is 1.89. The van der Waals surface area contributed by atoms with Gasteiger partial charge in [0.1, 0.15) is 12.3 Å². The third-order valence-corrected chi connectivity index (χ3v) is 3.01. The zero-order valence-electron chi connectivity index (χ0n) is 11.0. The molecule has 5 nitrogen and oxygen atoms in total. The number of rotatable bonds is 4. The van der Waals surface area contributed by atoms with Crippen molar-refractivity contribution in [3.63, 3.8) is 0 Å². The van der Waals surface area contributed by atoms with Gasteiger partial charge in [-0.25, -0.2) is 4.98 Å². The van der Waals surface area contributed by atoms with Crippen LogP contribution in [0.15, 0.2) is 18.3 Å². The molecular formula is C15H15N3O2. The molecule has 0 aliphatic heterocycles. The van der Waals surface area contributed by atoms with Gasteiger partial charge in [-0.05, 0) is 25.0 Å². The molecule has 1 N–H and O–H groups in total. The first-order chi connectivity index (χ1) is 9.76. The van der Waals surface area contributed by atoms with Gasteiger partial charge in [0.25, 0.3) is 5.91 Å². The summed E-state index contributed by atoms with van der Waals surface area (Å²) < 4.78 is 0. The highest BCUT2D eigenvalue weighted by Gasteiger charge is 2.33. The van der Waals surface area contributed by atoms with Crippen molar-refractivity contribution in [2.45, 2.75) is 25.3 Å². The normalized spacial score (nSPS) is 13.0. The molecule has 1 aromatic heterocycles. The van der Waals surface area contributed by atoms with Gasteiger partial charge in [-0.1, -0.05) is 11.8 Å². The van der Waals surface area contributed by atoms with Gasteiger partial charge in [0.15, 0.2) is 0 Å². The van der Waals surface area contributed by atoms with Crippen molar-refractivity contribution < 1.29 is 9.90 Å². The fourth-order valence-electron chi connectivity index (χ4n) is 1.89. The third-order valence-electron chi connectivity index (χ3n) is 3.01. The Morgan fingerprint density at radius 3 is 2.85 bits per heavy atom. The van der Waals surface area contributed by atoms with Crippen molar-refractivity contribution in [3.8, 4) is 17.9 Å². The van der Waals surface area contributed by atoms with Gasteiger partial charge >= 0.3 is 0 Å². The summed E-state index contributed by atoms with van der Waals surface area (Å²) in [6, 6.07) is 5.66. The van der Waals surface area contributed by atoms with Crippen molar-refractivity contribution in [1.29, 1.82) is 5.26 Å². The van der Waals surface area contributed by atoms with Gasteiger partial charge in [-0.3, -0.25) is 4.79 Å². The smallest absolute Gasteiger partial charge is 0.272 e. The van der Waals surface area contributed by atoms with Crippen molar-refractivity contribution in [3.05, 3.63) is 29.6 Å². The number of pyridine rings is 1. The first kappa shape index (κ1) is 14.0. The Kier molecular flexibility index (Phi) is 4.70. The maximum atomic E-state index is 12.3. The van der Waals surface area contributed by atoms with Crippen LogP contribution in [0.4, 0.5) is 0 Å². The number of aromatic nitrogens is 1. The molecule has 2 rings (SSSR count). The summed E-state index contributed by atoms with van der Waals surface area (Å²) in [5.74, 6) is 5.12. The molecule has 0 aromatic carbocycles. The first-order valence-electron chi connectivity index (χ1n) is 6.50. The van der Waals surface area contributed by atoms with E-state index in [0.717, 1.165) is 12.8 Å². The molecule has 20 heavy (non-hydrogen) atoms. The second kappa shape index (κ2) is 6.70. The minimum Gasteiger partial charge on any atom is -0.384 e. The minimum absolute atomic E-state index is 0.135. The molecule has 0 spiro atoms. The van der Waals surface area contributed by atoms with E-state index in [1.54, 1.807) is 17.0 Å². The summed E-state index contributed by atoms with van der Waals surface area (Å²) in [4.78, 5) is 18.2. The summed E-state index contributed by atoms with van der Waals surface area (Å²) in [6.07, 6.45) is 3.85. The summed E-state index contributed by atoms with van der Waals surface area (Å²) in [5.41, 5.74) is 1.02. The molecule has 102 valence electrons. The number of hydrogen-bond acceptors (Lipinski definition) is 4. The number of amides is 1. The number of nitrogens with zero attached hydrogens (tertiary/aromatic N) is 3. The van der Waals surface area contributed by atoms with E-state index in [0.29, 0.717) is 24.2 Å². The Morgan fingerprint density at radius 2 is 2.30 bits per heavy atom. The van der Waals surface area contributed by atoms with Crippen molar-refractivity contribution >= 4 is 5.91 Å². The van der Waals surface area contributed by atoms with E-state index in [9.17, 15) is 4.79 Å². The lowest BCUT2D eigenvalue weighted by molar-refractivity contribution is 0.0741. The van der Waals surface area contributed by atoms with Gasteiger partial charge in [-0.15, -0.1) is 0 Å². The predicted molar refractivity (Wildman–Crippen MR) is 72.5 cm³/mol. The monoisotopic (exact) mass is 269 g/mol. The summed E-state index contributed by atoms with van der Waals surface area (Å²) >= 11 is 0. The lowest BCUT2D eigenvalue weighted by Crippen LogP contribution is -2.34. The van der Waals surface area contributed by atoms with E-state index in [2.05, 4.69) is 22.9 Å². The standard InChI is InChI=1S/C15H15N3O2/c16-8-2-9-18(13-5-6-13)15(20)14-7-4-12(11-17-14)3-1-10-19/h4,7,11,13,19H,2,5-6,9-10H2. The van der Waals surface area contributed by atoms with Crippen LogP contribution in [0.5, 0.6) is 0 Å². The van der Waals surface area contributed by atoms with Gasteiger partial charge in [0, 0.05) is 24.3 Å². The van der Waals surface area contributed by atoms with E-state index < -0.39 is 0 Å². The van der Waals surface area contributed by atoms with Crippen LogP contribution in [0.3, 0.4) is 0 Å². The fraction of sp³-hybridized carbons (Fsp3) is 0.400. The molecule has 0 radical (unpaired) electrons. The van der Waals surface area contributed by atoms with Gasteiger partial charge in [0.05, 0.1) is 12.5 Å². The van der Waals surface area contributed by atoms with E-state index in [1.807, 2.05) is 0 Å². The molecule has 0 bridgehead atoms. The van der Waals surface area contributed by atoms with Crippen LogP contribution in [0, 0.1) is 23.2 Å².